The van der Waals surface area contributed by atoms with Crippen LogP contribution in [-0.2, 0) is 0 Å². The lowest BCUT2D eigenvalue weighted by atomic mass is 9.88. The number of rotatable bonds is 3. The number of nitrogens with zero attached hydrogens (tertiary/aromatic N) is 1. The van der Waals surface area contributed by atoms with Crippen molar-refractivity contribution >= 4 is 0 Å². The van der Waals surface area contributed by atoms with Gasteiger partial charge in [0.25, 0.3) is 5.54 Å². The Hall–Kier alpha value is -1.20. The first kappa shape index (κ1) is 24.8. The molecule has 0 radical (unpaired) electrons. The van der Waals surface area contributed by atoms with Gasteiger partial charge in [-0.25, -0.2) is 0 Å². The van der Waals surface area contributed by atoms with Gasteiger partial charge in [0.15, 0.2) is 0 Å². The van der Waals surface area contributed by atoms with Gasteiger partial charge in [-0.15, -0.1) is 4.48 Å². The molecule has 0 atom stereocenters. The third kappa shape index (κ3) is 3.13. The van der Waals surface area contributed by atoms with E-state index in [1.165, 1.54) is 0 Å². The normalized spacial score (nSPS) is 16.4. The number of aliphatic hydroxyl groups is 1. The number of halogens is 16. The Morgan fingerprint density at radius 1 is 0.500 bits per heavy atom. The molecule has 0 aliphatic rings. The Morgan fingerprint density at radius 3 is 0.846 bits per heavy atom. The first-order valence-corrected chi connectivity index (χ1v) is 5.37. The number of aliphatic hydroxyl groups excluding tert-OH is 1. The molecule has 0 aliphatic heterocycles. The van der Waals surface area contributed by atoms with Gasteiger partial charge in [-0.1, -0.05) is 5.12 Å². The maximum Gasteiger partial charge on any atom is 0.427 e. The van der Waals surface area contributed by atoms with Crippen LogP contribution in [-0.4, -0.2) is 58.8 Å². The first-order valence-electron chi connectivity index (χ1n) is 5.37. The van der Waals surface area contributed by atoms with Gasteiger partial charge < -0.3 is 5.11 Å². The van der Waals surface area contributed by atoms with Gasteiger partial charge in [-0.2, -0.15) is 65.9 Å². The van der Waals surface area contributed by atoms with Crippen molar-refractivity contribution in [1.29, 1.82) is 0 Å². The highest BCUT2D eigenvalue weighted by atomic mass is 19.4. The molecule has 0 saturated carbocycles. The molecule has 18 heteroatoms. The molecule has 0 fully saturated rings. The number of hydrogen-bond donors (Lipinski definition) is 1. The van der Waals surface area contributed by atoms with E-state index in [4.69, 9.17) is 5.11 Å². The van der Waals surface area contributed by atoms with Crippen LogP contribution in [0.2, 0.25) is 0 Å². The molecule has 0 aliphatic carbocycles. The zero-order valence-corrected chi connectivity index (χ0v) is 11.1. The predicted molar refractivity (Wildman–Crippen MR) is 45.8 cm³/mol. The Kier molecular flexibility index (Phi) is 5.88. The van der Waals surface area contributed by atoms with E-state index >= 15 is 0 Å². The first-order chi connectivity index (χ1) is 11.0. The highest BCUT2D eigenvalue weighted by molar-refractivity contribution is 5.15. The number of alkyl halides is 15. The summed E-state index contributed by atoms with van der Waals surface area (Å²) in [6.45, 7) is -3.99. The van der Waals surface area contributed by atoms with Crippen molar-refractivity contribution in [3.05, 3.63) is 0 Å². The van der Waals surface area contributed by atoms with E-state index in [9.17, 15) is 70.3 Å². The summed E-state index contributed by atoms with van der Waals surface area (Å²) < 4.78 is 202. The SMILES string of the molecule is OCC(N(F)C(C(F)(F)F)(C(F)(F)F)C(F)(F)F)(C(F)(F)F)C(F)(F)F. The van der Waals surface area contributed by atoms with Crippen LogP contribution in [0.25, 0.3) is 0 Å². The third-order valence-electron chi connectivity index (χ3n) is 3.03. The van der Waals surface area contributed by atoms with Crippen molar-refractivity contribution in [2.45, 2.75) is 42.0 Å². The fourth-order valence-electron chi connectivity index (χ4n) is 1.73. The summed E-state index contributed by atoms with van der Waals surface area (Å²) in [6, 6.07) is 0. The van der Waals surface area contributed by atoms with E-state index in [1.54, 1.807) is 0 Å². The fourth-order valence-corrected chi connectivity index (χ4v) is 1.73. The second-order valence-electron chi connectivity index (χ2n) is 4.50. The summed E-state index contributed by atoms with van der Waals surface area (Å²) in [7, 11) is 0. The fraction of sp³-hybridized carbons (Fsp3) is 1.00. The van der Waals surface area contributed by atoms with E-state index in [-0.39, 0.29) is 0 Å². The highest BCUT2D eigenvalue weighted by Crippen LogP contribution is 2.61. The van der Waals surface area contributed by atoms with Crippen molar-refractivity contribution in [2.24, 2.45) is 0 Å². The standard InChI is InChI=1S/C8H3F16NO/c9-4(10,11)2(1-26,5(12,13)14)25(24)3(6(15,16)17,7(18,19)20)8(21,22)23/h26H,1H2. The van der Waals surface area contributed by atoms with Crippen molar-refractivity contribution < 1.29 is 75.4 Å². The van der Waals surface area contributed by atoms with Crippen LogP contribution in [0.15, 0.2) is 0 Å². The van der Waals surface area contributed by atoms with Gasteiger partial charge in [0.2, 0.25) is 0 Å². The summed E-state index contributed by atoms with van der Waals surface area (Å²) in [5.41, 5.74) is -15.5. The summed E-state index contributed by atoms with van der Waals surface area (Å²) >= 11 is 0. The third-order valence-corrected chi connectivity index (χ3v) is 3.03. The minimum atomic E-state index is -8.26. The smallest absolute Gasteiger partial charge is 0.394 e. The lowest BCUT2D eigenvalue weighted by Crippen LogP contribution is -2.82. The molecule has 0 saturated heterocycles. The minimum Gasteiger partial charge on any atom is -0.394 e. The van der Waals surface area contributed by atoms with E-state index in [0.717, 1.165) is 0 Å². The summed E-state index contributed by atoms with van der Waals surface area (Å²) in [6.07, 6.45) is -39.5. The predicted octanol–water partition coefficient (Wildman–Crippen LogP) is 4.45. The van der Waals surface area contributed by atoms with Gasteiger partial charge in [0.05, 0.1) is 6.61 Å². The Bertz CT molecular complexity index is 441. The minimum absolute atomic E-state index is 3.99. The molecule has 0 heterocycles. The van der Waals surface area contributed by atoms with Gasteiger partial charge in [0.1, 0.15) is 0 Å². The lowest BCUT2D eigenvalue weighted by molar-refractivity contribution is -0.494. The van der Waals surface area contributed by atoms with E-state index in [2.05, 4.69) is 0 Å². The highest BCUT2D eigenvalue weighted by Gasteiger charge is 2.93. The van der Waals surface area contributed by atoms with Crippen molar-refractivity contribution in [2.75, 3.05) is 6.61 Å². The largest absolute Gasteiger partial charge is 0.427 e. The van der Waals surface area contributed by atoms with Crippen molar-refractivity contribution in [3.8, 4) is 0 Å². The summed E-state index contributed by atoms with van der Waals surface area (Å²) in [5, 5.41) is 3.63. The monoisotopic (exact) mass is 433 g/mol. The molecule has 0 aromatic carbocycles. The maximum absolute atomic E-state index is 13.6. The molecule has 0 spiro atoms. The van der Waals surface area contributed by atoms with Crippen LogP contribution in [0.1, 0.15) is 0 Å². The Balaban J connectivity index is 7.40. The molecule has 0 aromatic rings. The second kappa shape index (κ2) is 6.16. The Morgan fingerprint density at radius 2 is 0.731 bits per heavy atom. The van der Waals surface area contributed by atoms with Crippen LogP contribution in [0.4, 0.5) is 70.3 Å². The zero-order chi connectivity index (χ0) is 21.8. The van der Waals surface area contributed by atoms with E-state index in [1.807, 2.05) is 0 Å². The molecule has 2 nitrogen and oxygen atoms in total. The maximum atomic E-state index is 13.6. The van der Waals surface area contributed by atoms with Crippen LogP contribution in [0.5, 0.6) is 0 Å². The van der Waals surface area contributed by atoms with Gasteiger partial charge in [-0.05, 0) is 0 Å². The van der Waals surface area contributed by atoms with E-state index < -0.39 is 53.7 Å². The van der Waals surface area contributed by atoms with Crippen LogP contribution >= 0.6 is 0 Å². The van der Waals surface area contributed by atoms with Gasteiger partial charge >= 0.3 is 36.4 Å². The van der Waals surface area contributed by atoms with Crippen molar-refractivity contribution in [1.82, 2.24) is 5.12 Å². The molecule has 26 heavy (non-hydrogen) atoms. The molecule has 0 amide bonds. The molecule has 158 valence electrons. The van der Waals surface area contributed by atoms with Crippen LogP contribution in [0.3, 0.4) is 0 Å². The van der Waals surface area contributed by atoms with Crippen molar-refractivity contribution in [3.63, 3.8) is 0 Å². The molecule has 0 unspecified atom stereocenters. The Labute approximate surface area is 130 Å². The summed E-state index contributed by atoms with van der Waals surface area (Å²) in [5.74, 6) is 0. The van der Waals surface area contributed by atoms with Gasteiger partial charge in [-0.3, -0.25) is 0 Å². The molecular weight excluding hydrogens is 430 g/mol. The molecular formula is C8H3F16NO. The van der Waals surface area contributed by atoms with Crippen LogP contribution in [0, 0.1) is 0 Å². The number of hydrogen-bond acceptors (Lipinski definition) is 2. The molecule has 0 rings (SSSR count). The average Bonchev–Trinajstić information content (AvgIpc) is 2.19. The zero-order valence-electron chi connectivity index (χ0n) is 11.1. The van der Waals surface area contributed by atoms with Gasteiger partial charge in [0, 0.05) is 0 Å². The summed E-state index contributed by atoms with van der Waals surface area (Å²) in [4.78, 5) is 0. The molecule has 0 bridgehead atoms. The quantitative estimate of drug-likeness (QED) is 0.525. The topological polar surface area (TPSA) is 23.5 Å². The molecule has 0 aromatic heterocycles. The second-order valence-corrected chi connectivity index (χ2v) is 4.50. The average molecular weight is 433 g/mol. The van der Waals surface area contributed by atoms with E-state index in [0.29, 0.717) is 0 Å². The van der Waals surface area contributed by atoms with Crippen LogP contribution < -0.4 is 0 Å². The lowest BCUT2D eigenvalue weighted by Gasteiger charge is -2.49. The molecule has 1 N–H and O–H groups in total.